The number of aliphatic imine (C=N–C) groups is 1. The third-order valence-electron chi connectivity index (χ3n) is 3.35. The highest BCUT2D eigenvalue weighted by atomic mass is 32.2. The summed E-state index contributed by atoms with van der Waals surface area (Å²) in [6.45, 7) is 3.30. The summed E-state index contributed by atoms with van der Waals surface area (Å²) in [5.74, 6) is 4.21. The van der Waals surface area contributed by atoms with Crippen molar-refractivity contribution in [1.82, 2.24) is 24.2 Å². The fraction of sp³-hybridized carbons (Fsp3) is 0.357. The standard InChI is InChI=1S/C14H20N8O5S/c1-5-27-12(23)9-7-17-21(3)11(9)28(24,25)22(16)13(15)20-14-18-8(2)6-10(19-14)26-4/h6-7H,5,16H2,1-4H3,(H2,15,18,19,20). The second kappa shape index (κ2) is 8.18. The van der Waals surface area contributed by atoms with Crippen LogP contribution in [0, 0.1) is 6.92 Å². The zero-order valence-electron chi connectivity index (χ0n) is 15.6. The molecule has 13 nitrogen and oxygen atoms in total. The van der Waals surface area contributed by atoms with E-state index in [2.05, 4.69) is 20.1 Å². The van der Waals surface area contributed by atoms with Crippen LogP contribution in [0.15, 0.2) is 22.3 Å². The Morgan fingerprint density at radius 2 is 2.07 bits per heavy atom. The number of ether oxygens (including phenoxy) is 2. The van der Waals surface area contributed by atoms with Gasteiger partial charge in [-0.25, -0.2) is 15.6 Å². The first-order valence-electron chi connectivity index (χ1n) is 7.84. The van der Waals surface area contributed by atoms with Gasteiger partial charge in [0.05, 0.1) is 19.9 Å². The predicted octanol–water partition coefficient (Wildman–Crippen LogP) is -0.785. The molecule has 0 aliphatic carbocycles. The quantitative estimate of drug-likeness (QED) is 0.201. The number of hydrogen-bond acceptors (Lipinski definition) is 10. The number of aromatic nitrogens is 4. The van der Waals surface area contributed by atoms with Crippen LogP contribution in [0.1, 0.15) is 23.0 Å². The van der Waals surface area contributed by atoms with Crippen molar-refractivity contribution >= 4 is 27.9 Å². The lowest BCUT2D eigenvalue weighted by Gasteiger charge is -2.18. The van der Waals surface area contributed by atoms with Gasteiger partial charge in [0.25, 0.3) is 16.0 Å². The summed E-state index contributed by atoms with van der Waals surface area (Å²) in [4.78, 5) is 23.8. The fourth-order valence-corrected chi connectivity index (χ4v) is 3.40. The van der Waals surface area contributed by atoms with Crippen molar-refractivity contribution in [2.24, 2.45) is 23.6 Å². The molecule has 0 saturated heterocycles. The minimum absolute atomic E-state index is 0.0513. The highest BCUT2D eigenvalue weighted by Crippen LogP contribution is 2.20. The highest BCUT2D eigenvalue weighted by Gasteiger charge is 2.33. The van der Waals surface area contributed by atoms with Crippen molar-refractivity contribution in [3.8, 4) is 5.88 Å². The fourth-order valence-electron chi connectivity index (χ4n) is 2.13. The average Bonchev–Trinajstić information content (AvgIpc) is 3.03. The molecule has 28 heavy (non-hydrogen) atoms. The van der Waals surface area contributed by atoms with E-state index in [1.54, 1.807) is 19.9 Å². The number of hydrogen-bond donors (Lipinski definition) is 2. The van der Waals surface area contributed by atoms with Crippen molar-refractivity contribution < 1.29 is 22.7 Å². The third kappa shape index (κ3) is 4.17. The summed E-state index contributed by atoms with van der Waals surface area (Å²) < 4.78 is 36.7. The van der Waals surface area contributed by atoms with E-state index in [1.165, 1.54) is 14.2 Å². The number of guanidine groups is 1. The molecule has 0 radical (unpaired) electrons. The van der Waals surface area contributed by atoms with Crippen LogP contribution in [0.5, 0.6) is 5.88 Å². The van der Waals surface area contributed by atoms with E-state index in [0.717, 1.165) is 10.9 Å². The second-order valence-corrected chi connectivity index (χ2v) is 7.06. The first kappa shape index (κ1) is 21.0. The summed E-state index contributed by atoms with van der Waals surface area (Å²) in [7, 11) is -1.77. The van der Waals surface area contributed by atoms with Gasteiger partial charge in [-0.15, -0.1) is 0 Å². The maximum Gasteiger partial charge on any atom is 0.342 e. The number of aryl methyl sites for hydroxylation is 2. The first-order chi connectivity index (χ1) is 13.1. The molecule has 0 spiro atoms. The lowest BCUT2D eigenvalue weighted by molar-refractivity contribution is 0.0521. The zero-order valence-corrected chi connectivity index (χ0v) is 16.5. The molecule has 152 valence electrons. The zero-order chi connectivity index (χ0) is 21.1. The molecule has 2 heterocycles. The van der Waals surface area contributed by atoms with Crippen molar-refractivity contribution in [2.45, 2.75) is 18.9 Å². The maximum absolute atomic E-state index is 12.9. The second-order valence-electron chi connectivity index (χ2n) is 5.33. The van der Waals surface area contributed by atoms with Gasteiger partial charge in [0.2, 0.25) is 11.8 Å². The van der Waals surface area contributed by atoms with Gasteiger partial charge in [-0.3, -0.25) is 4.68 Å². The van der Waals surface area contributed by atoms with Gasteiger partial charge >= 0.3 is 5.97 Å². The molecule has 4 N–H and O–H groups in total. The number of carbonyl (C=O) groups is 1. The van der Waals surface area contributed by atoms with E-state index in [9.17, 15) is 13.2 Å². The molecule has 0 aromatic carbocycles. The number of hydrazine groups is 1. The molecule has 0 unspecified atom stereocenters. The van der Waals surface area contributed by atoms with Crippen LogP contribution in [0.4, 0.5) is 5.95 Å². The first-order valence-corrected chi connectivity index (χ1v) is 9.28. The number of esters is 1. The van der Waals surface area contributed by atoms with Crippen LogP contribution in [-0.2, 0) is 21.8 Å². The Kier molecular flexibility index (Phi) is 6.15. The summed E-state index contributed by atoms with van der Waals surface area (Å²) in [5.41, 5.74) is 5.95. The lowest BCUT2D eigenvalue weighted by Crippen LogP contribution is -2.47. The largest absolute Gasteiger partial charge is 0.481 e. The predicted molar refractivity (Wildman–Crippen MR) is 97.0 cm³/mol. The van der Waals surface area contributed by atoms with E-state index in [4.69, 9.17) is 21.1 Å². The van der Waals surface area contributed by atoms with Gasteiger partial charge in [0.1, 0.15) is 5.56 Å². The Morgan fingerprint density at radius 1 is 1.39 bits per heavy atom. The number of carbonyl (C=O) groups excluding carboxylic acids is 1. The smallest absolute Gasteiger partial charge is 0.342 e. The van der Waals surface area contributed by atoms with Crippen LogP contribution < -0.4 is 16.3 Å². The van der Waals surface area contributed by atoms with Crippen molar-refractivity contribution in [1.29, 1.82) is 0 Å². The highest BCUT2D eigenvalue weighted by molar-refractivity contribution is 7.89. The number of nitrogens with zero attached hydrogens (tertiary/aromatic N) is 6. The van der Waals surface area contributed by atoms with Gasteiger partial charge in [-0.2, -0.15) is 27.9 Å². The Hall–Kier alpha value is -3.26. The third-order valence-corrected chi connectivity index (χ3v) is 5.03. The summed E-state index contributed by atoms with van der Waals surface area (Å²) >= 11 is 0. The molecular formula is C14H20N8O5S. The van der Waals surface area contributed by atoms with Crippen molar-refractivity contribution in [2.75, 3.05) is 13.7 Å². The molecule has 0 amide bonds. The Balaban J connectivity index is 2.45. The van der Waals surface area contributed by atoms with Crippen LogP contribution >= 0.6 is 0 Å². The van der Waals surface area contributed by atoms with Crippen molar-refractivity contribution in [3.63, 3.8) is 0 Å². The normalized spacial score (nSPS) is 12.0. The molecule has 0 fully saturated rings. The molecule has 14 heteroatoms. The van der Waals surface area contributed by atoms with Crippen LogP contribution in [0.2, 0.25) is 0 Å². The van der Waals surface area contributed by atoms with E-state index in [0.29, 0.717) is 5.69 Å². The summed E-state index contributed by atoms with van der Waals surface area (Å²) in [6, 6.07) is 1.55. The molecule has 2 rings (SSSR count). The molecule has 2 aromatic rings. The molecule has 0 aliphatic heterocycles. The molecule has 0 atom stereocenters. The summed E-state index contributed by atoms with van der Waals surface area (Å²) in [6.07, 6.45) is 1.06. The van der Waals surface area contributed by atoms with Crippen LogP contribution in [0.25, 0.3) is 0 Å². The maximum atomic E-state index is 12.9. The van der Waals surface area contributed by atoms with Gasteiger partial charge in [0.15, 0.2) is 5.03 Å². The number of rotatable bonds is 6. The molecule has 0 aliphatic rings. The minimum atomic E-state index is -4.50. The molecule has 2 aromatic heterocycles. The Labute approximate surface area is 161 Å². The van der Waals surface area contributed by atoms with Crippen LogP contribution in [0.3, 0.4) is 0 Å². The number of nitrogens with two attached hydrogens (primary N) is 2. The number of sulfonamides is 1. The van der Waals surface area contributed by atoms with E-state index >= 15 is 0 Å². The van der Waals surface area contributed by atoms with E-state index in [1.807, 2.05) is 0 Å². The molecule has 0 bridgehead atoms. The van der Waals surface area contributed by atoms with Crippen molar-refractivity contribution in [3.05, 3.63) is 23.5 Å². The molecule has 0 saturated carbocycles. The SMILES string of the molecule is CCOC(=O)c1cnn(C)c1S(=O)(=O)N(N)C(N)=Nc1nc(C)cc(OC)n1. The minimum Gasteiger partial charge on any atom is -0.481 e. The Morgan fingerprint density at radius 3 is 2.68 bits per heavy atom. The van der Waals surface area contributed by atoms with Gasteiger partial charge in [0, 0.05) is 18.8 Å². The van der Waals surface area contributed by atoms with Gasteiger partial charge in [-0.05, 0) is 13.8 Å². The number of methoxy groups -OCH3 is 1. The van der Waals surface area contributed by atoms with Gasteiger partial charge in [-0.1, -0.05) is 0 Å². The topological polar surface area (TPSA) is 181 Å². The average molecular weight is 412 g/mol. The van der Waals surface area contributed by atoms with Crippen LogP contribution in [-0.4, -0.2) is 58.2 Å². The Bertz CT molecular complexity index is 1020. The molecular weight excluding hydrogens is 392 g/mol. The monoisotopic (exact) mass is 412 g/mol. The van der Waals surface area contributed by atoms with Gasteiger partial charge < -0.3 is 15.2 Å². The lowest BCUT2D eigenvalue weighted by atomic mass is 10.4. The van der Waals surface area contributed by atoms with E-state index < -0.39 is 27.0 Å². The summed E-state index contributed by atoms with van der Waals surface area (Å²) in [5, 5.41) is 3.27. The van der Waals surface area contributed by atoms with E-state index in [-0.39, 0.29) is 28.4 Å².